The van der Waals surface area contributed by atoms with Crippen molar-refractivity contribution in [3.8, 4) is 5.75 Å². The zero-order valence-electron chi connectivity index (χ0n) is 12.9. The Morgan fingerprint density at radius 1 is 1.13 bits per heavy atom. The number of nitrogens with zero attached hydrogens (tertiary/aromatic N) is 1. The van der Waals surface area contributed by atoms with E-state index in [4.69, 9.17) is 0 Å². The summed E-state index contributed by atoms with van der Waals surface area (Å²) in [6.45, 7) is 2.80. The molecule has 23 heavy (non-hydrogen) atoms. The maximum atomic E-state index is 12.3. The summed E-state index contributed by atoms with van der Waals surface area (Å²) in [5, 5.41) is 12.3. The van der Waals surface area contributed by atoms with E-state index in [2.05, 4.69) is 5.32 Å². The molecule has 1 aliphatic rings. The van der Waals surface area contributed by atoms with Crippen molar-refractivity contribution in [1.29, 1.82) is 0 Å². The maximum Gasteiger partial charge on any atom is 0.314 e. The Labute approximate surface area is 134 Å². The molecule has 2 amide bonds. The molecular formula is C18H18N2O3. The average molecular weight is 310 g/mol. The van der Waals surface area contributed by atoms with E-state index < -0.39 is 11.8 Å². The second-order valence-corrected chi connectivity index (χ2v) is 5.72. The molecule has 0 unspecified atom stereocenters. The highest BCUT2D eigenvalue weighted by Gasteiger charge is 2.26. The Morgan fingerprint density at radius 2 is 1.87 bits per heavy atom. The lowest BCUT2D eigenvalue weighted by molar-refractivity contribution is -0.143. The topological polar surface area (TPSA) is 69.6 Å². The number of phenolic OH excluding ortho intramolecular Hbond substituents is 1. The maximum absolute atomic E-state index is 12.3. The van der Waals surface area contributed by atoms with Crippen LogP contribution >= 0.6 is 0 Å². The Bertz CT molecular complexity index is 771. The van der Waals surface area contributed by atoms with E-state index in [1.54, 1.807) is 12.1 Å². The summed E-state index contributed by atoms with van der Waals surface area (Å²) in [7, 11) is 0. The largest absolute Gasteiger partial charge is 0.506 e. The van der Waals surface area contributed by atoms with Crippen LogP contribution in [-0.4, -0.2) is 28.4 Å². The zero-order chi connectivity index (χ0) is 16.4. The van der Waals surface area contributed by atoms with Crippen molar-refractivity contribution in [2.24, 2.45) is 0 Å². The number of anilines is 1. The predicted octanol–water partition coefficient (Wildman–Crippen LogP) is 2.22. The van der Waals surface area contributed by atoms with Crippen molar-refractivity contribution in [2.45, 2.75) is 19.9 Å². The van der Waals surface area contributed by atoms with Gasteiger partial charge in [0.25, 0.3) is 0 Å². The number of hydrogen-bond donors (Lipinski definition) is 2. The third-order valence-corrected chi connectivity index (χ3v) is 4.01. The van der Waals surface area contributed by atoms with Crippen molar-refractivity contribution in [3.63, 3.8) is 0 Å². The predicted molar refractivity (Wildman–Crippen MR) is 87.0 cm³/mol. The quantitative estimate of drug-likeness (QED) is 0.627. The van der Waals surface area contributed by atoms with E-state index >= 15 is 0 Å². The summed E-state index contributed by atoms with van der Waals surface area (Å²) in [6, 6.07) is 12.8. The minimum Gasteiger partial charge on any atom is -0.506 e. The first-order valence-electron chi connectivity index (χ1n) is 7.51. The van der Waals surface area contributed by atoms with Crippen LogP contribution in [0, 0.1) is 6.92 Å². The van der Waals surface area contributed by atoms with Crippen molar-refractivity contribution < 1.29 is 14.7 Å². The molecule has 2 N–H and O–H groups in total. The van der Waals surface area contributed by atoms with E-state index in [9.17, 15) is 14.7 Å². The first kappa shape index (κ1) is 15.1. The van der Waals surface area contributed by atoms with Gasteiger partial charge in [-0.3, -0.25) is 9.59 Å². The average Bonchev–Trinajstić information content (AvgIpc) is 2.57. The number of fused-ring (bicyclic) bond motifs is 1. The molecule has 2 aromatic carbocycles. The van der Waals surface area contributed by atoms with Gasteiger partial charge < -0.3 is 15.3 Å². The van der Waals surface area contributed by atoms with Gasteiger partial charge >= 0.3 is 11.8 Å². The molecule has 0 saturated heterocycles. The molecular weight excluding hydrogens is 292 g/mol. The van der Waals surface area contributed by atoms with Crippen LogP contribution in [0.25, 0.3) is 0 Å². The van der Waals surface area contributed by atoms with Crippen molar-refractivity contribution in [2.75, 3.05) is 11.9 Å². The van der Waals surface area contributed by atoms with Gasteiger partial charge in [0.15, 0.2) is 0 Å². The lowest BCUT2D eigenvalue weighted by Gasteiger charge is -2.28. The Kier molecular flexibility index (Phi) is 4.02. The second kappa shape index (κ2) is 6.12. The zero-order valence-corrected chi connectivity index (χ0v) is 12.9. The van der Waals surface area contributed by atoms with Crippen molar-refractivity contribution in [3.05, 3.63) is 59.2 Å². The molecule has 5 heteroatoms. The Balaban J connectivity index is 1.71. The van der Waals surface area contributed by atoms with Crippen LogP contribution in [0.3, 0.4) is 0 Å². The number of benzene rings is 2. The molecule has 0 spiro atoms. The lowest BCUT2D eigenvalue weighted by Crippen LogP contribution is -2.42. The molecule has 3 rings (SSSR count). The number of hydrogen-bond acceptors (Lipinski definition) is 3. The Hall–Kier alpha value is -2.82. The van der Waals surface area contributed by atoms with Crippen LogP contribution in [0.5, 0.6) is 5.75 Å². The molecule has 0 bridgehead atoms. The molecule has 0 radical (unpaired) electrons. The van der Waals surface area contributed by atoms with Crippen LogP contribution in [0.15, 0.2) is 42.5 Å². The normalized spacial score (nSPS) is 13.3. The highest BCUT2D eigenvalue weighted by molar-refractivity contribution is 6.39. The molecule has 1 aliphatic heterocycles. The van der Waals surface area contributed by atoms with Gasteiger partial charge in [0, 0.05) is 13.1 Å². The van der Waals surface area contributed by atoms with Crippen LogP contribution in [0.4, 0.5) is 5.69 Å². The SMILES string of the molecule is Cc1ccc(O)c(NC(=O)C(=O)N2CCc3ccccc3C2)c1. The molecule has 1 heterocycles. The minimum atomic E-state index is -0.731. The summed E-state index contributed by atoms with van der Waals surface area (Å²) in [5.74, 6) is -1.37. The molecule has 0 aliphatic carbocycles. The van der Waals surface area contributed by atoms with E-state index in [-0.39, 0.29) is 11.4 Å². The van der Waals surface area contributed by atoms with Crippen molar-refractivity contribution in [1.82, 2.24) is 4.90 Å². The van der Waals surface area contributed by atoms with Gasteiger partial charge in [-0.15, -0.1) is 0 Å². The molecule has 0 atom stereocenters. The van der Waals surface area contributed by atoms with Gasteiger partial charge in [-0.1, -0.05) is 30.3 Å². The third-order valence-electron chi connectivity index (χ3n) is 4.01. The number of carbonyl (C=O) groups excluding carboxylic acids is 2. The summed E-state index contributed by atoms with van der Waals surface area (Å²) < 4.78 is 0. The number of aryl methyl sites for hydroxylation is 1. The van der Waals surface area contributed by atoms with Crippen LogP contribution in [0.1, 0.15) is 16.7 Å². The lowest BCUT2D eigenvalue weighted by atomic mass is 10.00. The van der Waals surface area contributed by atoms with E-state index in [0.29, 0.717) is 13.1 Å². The van der Waals surface area contributed by atoms with Gasteiger partial charge in [-0.05, 0) is 42.2 Å². The number of nitrogens with one attached hydrogen (secondary N) is 1. The van der Waals surface area contributed by atoms with E-state index in [1.807, 2.05) is 31.2 Å². The minimum absolute atomic E-state index is 0.0549. The number of aromatic hydroxyl groups is 1. The molecule has 118 valence electrons. The smallest absolute Gasteiger partial charge is 0.314 e. The summed E-state index contributed by atoms with van der Waals surface area (Å²) in [6.07, 6.45) is 0.741. The van der Waals surface area contributed by atoms with E-state index in [1.165, 1.54) is 16.5 Å². The number of amides is 2. The van der Waals surface area contributed by atoms with Gasteiger partial charge in [0.1, 0.15) is 5.75 Å². The molecule has 0 aromatic heterocycles. The van der Waals surface area contributed by atoms with Crippen LogP contribution in [-0.2, 0) is 22.6 Å². The van der Waals surface area contributed by atoms with Crippen LogP contribution in [0.2, 0.25) is 0 Å². The molecule has 2 aromatic rings. The monoisotopic (exact) mass is 310 g/mol. The third kappa shape index (κ3) is 3.18. The van der Waals surface area contributed by atoms with Crippen LogP contribution < -0.4 is 5.32 Å². The Morgan fingerprint density at radius 3 is 2.65 bits per heavy atom. The van der Waals surface area contributed by atoms with Gasteiger partial charge in [-0.2, -0.15) is 0 Å². The number of rotatable bonds is 1. The summed E-state index contributed by atoms with van der Waals surface area (Å²) in [4.78, 5) is 26.0. The first-order valence-corrected chi connectivity index (χ1v) is 7.51. The summed E-state index contributed by atoms with van der Waals surface area (Å²) in [5.41, 5.74) is 3.42. The highest BCUT2D eigenvalue weighted by atomic mass is 16.3. The standard InChI is InChI=1S/C18H18N2O3/c1-12-6-7-16(21)15(10-12)19-17(22)18(23)20-9-8-13-4-2-3-5-14(13)11-20/h2-7,10,21H,8-9,11H2,1H3,(H,19,22). The fourth-order valence-corrected chi connectivity index (χ4v) is 2.74. The second-order valence-electron chi connectivity index (χ2n) is 5.72. The molecule has 5 nitrogen and oxygen atoms in total. The fourth-order valence-electron chi connectivity index (χ4n) is 2.74. The highest BCUT2D eigenvalue weighted by Crippen LogP contribution is 2.24. The van der Waals surface area contributed by atoms with Crippen molar-refractivity contribution >= 4 is 17.5 Å². The van der Waals surface area contributed by atoms with Gasteiger partial charge in [0.05, 0.1) is 5.69 Å². The first-order chi connectivity index (χ1) is 11.0. The van der Waals surface area contributed by atoms with E-state index in [0.717, 1.165) is 17.5 Å². The number of phenols is 1. The van der Waals surface area contributed by atoms with Gasteiger partial charge in [0.2, 0.25) is 0 Å². The van der Waals surface area contributed by atoms with Gasteiger partial charge in [-0.25, -0.2) is 0 Å². The molecule has 0 fully saturated rings. The number of carbonyl (C=O) groups is 2. The molecule has 0 saturated carbocycles. The fraction of sp³-hybridized carbons (Fsp3) is 0.222. The summed E-state index contributed by atoms with van der Waals surface area (Å²) >= 11 is 0.